The predicted octanol–water partition coefficient (Wildman–Crippen LogP) is 5.53. The lowest BCUT2D eigenvalue weighted by Gasteiger charge is -2.10. The number of hydrogen-bond donors (Lipinski definition) is 2. The molecule has 1 amide bonds. The molecule has 35 heavy (non-hydrogen) atoms. The van der Waals surface area contributed by atoms with E-state index in [4.69, 9.17) is 0 Å². The maximum absolute atomic E-state index is 12.9. The van der Waals surface area contributed by atoms with E-state index in [-0.39, 0.29) is 12.0 Å². The molecule has 0 bridgehead atoms. The van der Waals surface area contributed by atoms with Crippen LogP contribution >= 0.6 is 0 Å². The first-order valence-electron chi connectivity index (χ1n) is 10.8. The van der Waals surface area contributed by atoms with Crippen molar-refractivity contribution in [1.29, 1.82) is 0 Å². The number of nitrogens with zero attached hydrogens (tertiary/aromatic N) is 4. The molecular formula is C25H23F3N6O. The molecule has 0 unspecified atom stereocenters. The average Bonchev–Trinajstić information content (AvgIpc) is 3.08. The zero-order valence-electron chi connectivity index (χ0n) is 19.3. The Balaban J connectivity index is 1.36. The normalized spacial score (nSPS) is 11.4. The van der Waals surface area contributed by atoms with Crippen molar-refractivity contribution in [3.63, 3.8) is 0 Å². The summed E-state index contributed by atoms with van der Waals surface area (Å²) in [5.41, 5.74) is 3.80. The molecule has 0 aliphatic heterocycles. The minimum atomic E-state index is -4.45. The molecule has 7 nitrogen and oxygen atoms in total. The number of nitrogens with one attached hydrogen (secondary N) is 2. The summed E-state index contributed by atoms with van der Waals surface area (Å²) in [6.07, 6.45) is -4.61. The Hall–Kier alpha value is -4.21. The van der Waals surface area contributed by atoms with Gasteiger partial charge in [-0.25, -0.2) is 4.68 Å². The minimum Gasteiger partial charge on any atom is -0.339 e. The molecule has 4 rings (SSSR count). The van der Waals surface area contributed by atoms with Gasteiger partial charge in [0.1, 0.15) is 0 Å². The lowest BCUT2D eigenvalue weighted by atomic mass is 10.1. The van der Waals surface area contributed by atoms with Crippen molar-refractivity contribution in [3.05, 3.63) is 88.7 Å². The number of hydrogen-bond acceptors (Lipinski definition) is 5. The SMILES string of the molecule is Cc1nn(-c2ccc(Nc3ccc(NC(=O)Cc4cccc(C(F)(F)F)c4)cc3)nn2)c(C)c1C. The number of aromatic nitrogens is 4. The van der Waals surface area contributed by atoms with E-state index in [1.165, 1.54) is 12.1 Å². The number of benzene rings is 2. The molecule has 0 spiro atoms. The smallest absolute Gasteiger partial charge is 0.339 e. The maximum Gasteiger partial charge on any atom is 0.416 e. The summed E-state index contributed by atoms with van der Waals surface area (Å²) in [7, 11) is 0. The third kappa shape index (κ3) is 5.65. The summed E-state index contributed by atoms with van der Waals surface area (Å²) >= 11 is 0. The fourth-order valence-corrected chi connectivity index (χ4v) is 3.48. The Labute approximate surface area is 200 Å². The Kier molecular flexibility index (Phi) is 6.54. The van der Waals surface area contributed by atoms with Crippen LogP contribution in [-0.4, -0.2) is 25.9 Å². The van der Waals surface area contributed by atoms with Crippen molar-refractivity contribution in [2.45, 2.75) is 33.4 Å². The van der Waals surface area contributed by atoms with Crippen LogP contribution in [-0.2, 0) is 17.4 Å². The molecule has 4 aromatic rings. The topological polar surface area (TPSA) is 84.7 Å². The number of carbonyl (C=O) groups excluding carboxylic acids is 1. The Morgan fingerprint density at radius 1 is 0.943 bits per heavy atom. The third-order valence-electron chi connectivity index (χ3n) is 5.58. The minimum absolute atomic E-state index is 0.166. The molecule has 10 heteroatoms. The molecule has 2 aromatic heterocycles. The van der Waals surface area contributed by atoms with Gasteiger partial charge in [0.05, 0.1) is 17.7 Å². The largest absolute Gasteiger partial charge is 0.416 e. The van der Waals surface area contributed by atoms with Crippen LogP contribution in [0.4, 0.5) is 30.4 Å². The molecule has 0 radical (unpaired) electrons. The highest BCUT2D eigenvalue weighted by Gasteiger charge is 2.30. The van der Waals surface area contributed by atoms with Crippen LogP contribution in [0.15, 0.2) is 60.7 Å². The standard InChI is InChI=1S/C25H23F3N6O/c1-15-16(2)33-34(17(15)3)23-12-11-22(31-32-23)29-20-7-9-21(10-8-20)30-24(35)14-18-5-4-6-19(13-18)25(26,27)28/h4-13H,14H2,1-3H3,(H,29,31)(H,30,35). The van der Waals surface area contributed by atoms with E-state index in [2.05, 4.69) is 25.9 Å². The van der Waals surface area contributed by atoms with Gasteiger partial charge in [-0.05, 0) is 74.4 Å². The van der Waals surface area contributed by atoms with Gasteiger partial charge in [-0.2, -0.15) is 18.3 Å². The lowest BCUT2D eigenvalue weighted by molar-refractivity contribution is -0.137. The van der Waals surface area contributed by atoms with Gasteiger partial charge in [0.25, 0.3) is 0 Å². The van der Waals surface area contributed by atoms with E-state index in [1.807, 2.05) is 26.8 Å². The molecule has 0 aliphatic carbocycles. The molecule has 0 saturated carbocycles. The predicted molar refractivity (Wildman–Crippen MR) is 127 cm³/mol. The van der Waals surface area contributed by atoms with E-state index >= 15 is 0 Å². The summed E-state index contributed by atoms with van der Waals surface area (Å²) in [6.45, 7) is 5.93. The average molecular weight is 480 g/mol. The van der Waals surface area contributed by atoms with E-state index in [1.54, 1.807) is 35.0 Å². The van der Waals surface area contributed by atoms with Crippen LogP contribution in [0.25, 0.3) is 5.82 Å². The van der Waals surface area contributed by atoms with Crippen LogP contribution in [0.1, 0.15) is 28.1 Å². The number of rotatable bonds is 6. The van der Waals surface area contributed by atoms with Crippen LogP contribution in [0.3, 0.4) is 0 Å². The van der Waals surface area contributed by atoms with Gasteiger partial charge in [-0.3, -0.25) is 4.79 Å². The molecule has 0 atom stereocenters. The summed E-state index contributed by atoms with van der Waals surface area (Å²) < 4.78 is 40.3. The van der Waals surface area contributed by atoms with Crippen molar-refractivity contribution in [3.8, 4) is 5.82 Å². The zero-order valence-corrected chi connectivity index (χ0v) is 19.3. The maximum atomic E-state index is 12.9. The highest BCUT2D eigenvalue weighted by atomic mass is 19.4. The zero-order chi connectivity index (χ0) is 25.2. The van der Waals surface area contributed by atoms with E-state index in [0.29, 0.717) is 17.3 Å². The summed E-state index contributed by atoms with van der Waals surface area (Å²) in [5, 5.41) is 18.7. The number of carbonyl (C=O) groups is 1. The third-order valence-corrected chi connectivity index (χ3v) is 5.58. The van der Waals surface area contributed by atoms with Gasteiger partial charge in [0.2, 0.25) is 5.91 Å². The summed E-state index contributed by atoms with van der Waals surface area (Å²) in [4.78, 5) is 12.3. The fourth-order valence-electron chi connectivity index (χ4n) is 3.48. The second-order valence-corrected chi connectivity index (χ2v) is 8.11. The Morgan fingerprint density at radius 3 is 2.26 bits per heavy atom. The van der Waals surface area contributed by atoms with E-state index < -0.39 is 17.6 Å². The van der Waals surface area contributed by atoms with E-state index in [9.17, 15) is 18.0 Å². The molecule has 2 heterocycles. The number of amides is 1. The second-order valence-electron chi connectivity index (χ2n) is 8.11. The van der Waals surface area contributed by atoms with Gasteiger partial charge in [0.15, 0.2) is 11.6 Å². The number of halogens is 3. The molecule has 0 saturated heterocycles. The Bertz CT molecular complexity index is 1350. The van der Waals surface area contributed by atoms with Crippen molar-refractivity contribution in [2.24, 2.45) is 0 Å². The van der Waals surface area contributed by atoms with Gasteiger partial charge in [0, 0.05) is 17.1 Å². The van der Waals surface area contributed by atoms with Gasteiger partial charge in [-0.15, -0.1) is 10.2 Å². The summed E-state index contributed by atoms with van der Waals surface area (Å²) in [6, 6.07) is 15.2. The van der Waals surface area contributed by atoms with Crippen molar-refractivity contribution in [1.82, 2.24) is 20.0 Å². The van der Waals surface area contributed by atoms with Crippen LogP contribution in [0, 0.1) is 20.8 Å². The van der Waals surface area contributed by atoms with Gasteiger partial charge in [-0.1, -0.05) is 18.2 Å². The fraction of sp³-hybridized carbons (Fsp3) is 0.200. The highest BCUT2D eigenvalue weighted by Crippen LogP contribution is 2.29. The van der Waals surface area contributed by atoms with Gasteiger partial charge >= 0.3 is 6.18 Å². The number of anilines is 3. The molecule has 2 N–H and O–H groups in total. The number of aryl methyl sites for hydroxylation is 1. The van der Waals surface area contributed by atoms with Crippen LogP contribution < -0.4 is 10.6 Å². The highest BCUT2D eigenvalue weighted by molar-refractivity contribution is 5.92. The lowest BCUT2D eigenvalue weighted by Crippen LogP contribution is -2.15. The Morgan fingerprint density at radius 2 is 1.66 bits per heavy atom. The number of alkyl halides is 3. The molecule has 2 aromatic carbocycles. The van der Waals surface area contributed by atoms with Crippen LogP contribution in [0.5, 0.6) is 0 Å². The molecular weight excluding hydrogens is 457 g/mol. The molecule has 0 aliphatic rings. The first-order valence-corrected chi connectivity index (χ1v) is 10.8. The van der Waals surface area contributed by atoms with Crippen molar-refractivity contribution < 1.29 is 18.0 Å². The first kappa shape index (κ1) is 23.9. The molecule has 0 fully saturated rings. The van der Waals surface area contributed by atoms with Crippen molar-refractivity contribution >= 4 is 23.1 Å². The monoisotopic (exact) mass is 480 g/mol. The summed E-state index contributed by atoms with van der Waals surface area (Å²) in [5.74, 6) is 0.738. The quantitative estimate of drug-likeness (QED) is 0.379. The first-order chi connectivity index (χ1) is 16.6. The van der Waals surface area contributed by atoms with E-state index in [0.717, 1.165) is 34.8 Å². The van der Waals surface area contributed by atoms with Crippen molar-refractivity contribution in [2.75, 3.05) is 10.6 Å². The van der Waals surface area contributed by atoms with Crippen LogP contribution in [0.2, 0.25) is 0 Å². The molecule has 180 valence electrons. The second kappa shape index (κ2) is 9.57. The van der Waals surface area contributed by atoms with Gasteiger partial charge < -0.3 is 10.6 Å².